The van der Waals surface area contributed by atoms with Crippen LogP contribution in [-0.4, -0.2) is 33.9 Å². The monoisotopic (exact) mass is 632 g/mol. The number of aliphatic hydroxyl groups is 1. The number of pyridine rings is 2. The molecule has 2 heterocycles. The molecule has 0 saturated carbocycles. The molecule has 0 bridgehead atoms. The Morgan fingerprint density at radius 3 is 2.26 bits per heavy atom. The summed E-state index contributed by atoms with van der Waals surface area (Å²) in [4.78, 5) is 33.1. The van der Waals surface area contributed by atoms with E-state index in [0.29, 0.717) is 48.5 Å². The summed E-state index contributed by atoms with van der Waals surface area (Å²) in [6.07, 6.45) is 3.70. The number of ether oxygens (including phenoxy) is 1. The van der Waals surface area contributed by atoms with Crippen molar-refractivity contribution in [3.05, 3.63) is 118 Å². The summed E-state index contributed by atoms with van der Waals surface area (Å²) in [5.41, 5.74) is 5.67. The van der Waals surface area contributed by atoms with Gasteiger partial charge in [0.2, 0.25) is 0 Å². The number of benzene rings is 3. The molecule has 3 aromatic carbocycles. The van der Waals surface area contributed by atoms with E-state index in [9.17, 15) is 14.7 Å². The molecule has 0 atom stereocenters. The van der Waals surface area contributed by atoms with Gasteiger partial charge < -0.3 is 20.5 Å². The fraction of sp³-hybridized carbons (Fsp3) is 0.308. The molecule has 2 amide bonds. The molecule has 0 spiro atoms. The van der Waals surface area contributed by atoms with Gasteiger partial charge >= 0.3 is 6.03 Å². The van der Waals surface area contributed by atoms with Crippen molar-refractivity contribution in [3.63, 3.8) is 0 Å². The van der Waals surface area contributed by atoms with E-state index in [-0.39, 0.29) is 29.7 Å². The lowest BCUT2D eigenvalue weighted by molar-refractivity contribution is 0.233. The fourth-order valence-corrected chi connectivity index (χ4v) is 5.94. The van der Waals surface area contributed by atoms with Crippen molar-refractivity contribution < 1.29 is 14.6 Å². The van der Waals surface area contributed by atoms with Crippen LogP contribution in [0.2, 0.25) is 0 Å². The second kappa shape index (κ2) is 15.6. The number of para-hydroxylation sites is 1. The quantitative estimate of drug-likeness (QED) is 0.113. The van der Waals surface area contributed by atoms with Crippen LogP contribution >= 0.6 is 0 Å². The summed E-state index contributed by atoms with van der Waals surface area (Å²) in [5, 5.41) is 16.1. The average molecular weight is 633 g/mol. The maximum atomic E-state index is 14.5. The van der Waals surface area contributed by atoms with Gasteiger partial charge in [-0.25, -0.2) is 9.78 Å². The normalized spacial score (nSPS) is 11.3. The highest BCUT2D eigenvalue weighted by Crippen LogP contribution is 2.36. The number of nitrogens with zero attached hydrogens (tertiary/aromatic N) is 2. The number of aryl methyl sites for hydroxylation is 2. The number of anilines is 2. The summed E-state index contributed by atoms with van der Waals surface area (Å²) in [6.45, 7) is 9.20. The first-order chi connectivity index (χ1) is 22.8. The summed E-state index contributed by atoms with van der Waals surface area (Å²) >= 11 is 0. The van der Waals surface area contributed by atoms with Gasteiger partial charge in [-0.05, 0) is 71.2 Å². The molecule has 244 valence electrons. The summed E-state index contributed by atoms with van der Waals surface area (Å²) in [7, 11) is 0. The van der Waals surface area contributed by atoms with Gasteiger partial charge in [0, 0.05) is 42.4 Å². The minimum atomic E-state index is -0.493. The largest absolute Gasteiger partial charge is 0.493 e. The van der Waals surface area contributed by atoms with Crippen LogP contribution in [0.1, 0.15) is 69.1 Å². The van der Waals surface area contributed by atoms with Crippen molar-refractivity contribution in [2.75, 3.05) is 23.8 Å². The summed E-state index contributed by atoms with van der Waals surface area (Å²) in [5.74, 6) is 0.964. The molecule has 0 radical (unpaired) electrons. The van der Waals surface area contributed by atoms with Gasteiger partial charge in [0.05, 0.1) is 6.61 Å². The Balaban J connectivity index is 1.61. The molecule has 0 unspecified atom stereocenters. The maximum Gasteiger partial charge on any atom is 0.323 e. The first-order valence-electron chi connectivity index (χ1n) is 16.4. The first kappa shape index (κ1) is 33.4. The minimum absolute atomic E-state index is 0.0279. The van der Waals surface area contributed by atoms with E-state index in [1.807, 2.05) is 72.8 Å². The topological polar surface area (TPSA) is 105 Å². The van der Waals surface area contributed by atoms with Crippen molar-refractivity contribution in [1.82, 2.24) is 9.55 Å². The van der Waals surface area contributed by atoms with Crippen molar-refractivity contribution in [2.45, 2.75) is 65.3 Å². The third-order valence-electron chi connectivity index (χ3n) is 8.25. The van der Waals surface area contributed by atoms with E-state index >= 15 is 0 Å². The van der Waals surface area contributed by atoms with Gasteiger partial charge in [-0.1, -0.05) is 88.4 Å². The predicted molar refractivity (Wildman–Crippen MR) is 191 cm³/mol. The number of hydrogen-bond acceptors (Lipinski definition) is 5. The van der Waals surface area contributed by atoms with Crippen LogP contribution in [0.4, 0.5) is 16.2 Å². The highest BCUT2D eigenvalue weighted by Gasteiger charge is 2.23. The standard InChI is InChI=1S/C39H44N4O4/c1-26(2)31-18-9-19-32(27(3)4)35(31)41-39(46)42-36-34(29-16-8-17-30(25-29)47-24-12-23-44)33-20-10-21-40-37(33)43(38(36)45)22-11-15-28-13-6-5-7-14-28/h5-10,13-14,16-21,25-27,44H,11-12,15,22-24H2,1-4H3,(H2,41,42,46). The molecule has 0 aliphatic carbocycles. The van der Waals surface area contributed by atoms with E-state index in [4.69, 9.17) is 4.74 Å². The summed E-state index contributed by atoms with van der Waals surface area (Å²) < 4.78 is 7.55. The van der Waals surface area contributed by atoms with E-state index < -0.39 is 6.03 Å². The van der Waals surface area contributed by atoms with Crippen LogP contribution in [0.3, 0.4) is 0 Å². The number of amides is 2. The number of urea groups is 1. The average Bonchev–Trinajstić information content (AvgIpc) is 3.07. The molecule has 0 fully saturated rings. The zero-order valence-electron chi connectivity index (χ0n) is 27.6. The number of rotatable bonds is 13. The lowest BCUT2D eigenvalue weighted by atomic mass is 9.93. The molecule has 0 aliphatic heterocycles. The van der Waals surface area contributed by atoms with Gasteiger partial charge in [-0.3, -0.25) is 9.36 Å². The van der Waals surface area contributed by atoms with Crippen LogP contribution in [0, 0.1) is 0 Å². The first-order valence-corrected chi connectivity index (χ1v) is 16.4. The van der Waals surface area contributed by atoms with Crippen molar-refractivity contribution in [2.24, 2.45) is 0 Å². The minimum Gasteiger partial charge on any atom is -0.493 e. The number of hydrogen-bond donors (Lipinski definition) is 3. The van der Waals surface area contributed by atoms with Gasteiger partial charge in [0.1, 0.15) is 17.1 Å². The van der Waals surface area contributed by atoms with Crippen molar-refractivity contribution in [1.29, 1.82) is 0 Å². The van der Waals surface area contributed by atoms with Gasteiger partial charge in [-0.2, -0.15) is 0 Å². The van der Waals surface area contributed by atoms with E-state index in [1.54, 1.807) is 10.8 Å². The third kappa shape index (κ3) is 7.89. The van der Waals surface area contributed by atoms with Gasteiger partial charge in [0.25, 0.3) is 5.56 Å². The SMILES string of the molecule is CC(C)c1cccc(C(C)C)c1NC(=O)Nc1c(-c2cccc(OCCCO)c2)c2cccnc2n(CCCc2ccccc2)c1=O. The van der Waals surface area contributed by atoms with Gasteiger partial charge in [0.15, 0.2) is 0 Å². The zero-order chi connectivity index (χ0) is 33.3. The molecule has 0 aliphatic rings. The Morgan fingerprint density at radius 1 is 0.851 bits per heavy atom. The number of nitrogens with one attached hydrogen (secondary N) is 2. The molecule has 8 heteroatoms. The number of carbonyl (C=O) groups excluding carboxylic acids is 1. The smallest absolute Gasteiger partial charge is 0.323 e. The zero-order valence-corrected chi connectivity index (χ0v) is 27.6. The molecule has 0 saturated heterocycles. The van der Waals surface area contributed by atoms with Crippen LogP contribution in [0.25, 0.3) is 22.2 Å². The highest BCUT2D eigenvalue weighted by molar-refractivity contribution is 6.07. The number of carbonyl (C=O) groups is 1. The lowest BCUT2D eigenvalue weighted by Crippen LogP contribution is -2.30. The third-order valence-corrected chi connectivity index (χ3v) is 8.25. The maximum absolute atomic E-state index is 14.5. The molecule has 2 aromatic heterocycles. The van der Waals surface area contributed by atoms with E-state index in [1.165, 1.54) is 5.56 Å². The fourth-order valence-electron chi connectivity index (χ4n) is 5.94. The van der Waals surface area contributed by atoms with Crippen molar-refractivity contribution >= 4 is 28.4 Å². The molecule has 3 N–H and O–H groups in total. The Labute approximate surface area is 276 Å². The number of fused-ring (bicyclic) bond motifs is 1. The summed E-state index contributed by atoms with van der Waals surface area (Å²) in [6, 6.07) is 27.0. The highest BCUT2D eigenvalue weighted by atomic mass is 16.5. The van der Waals surface area contributed by atoms with Crippen LogP contribution < -0.4 is 20.9 Å². The molecule has 47 heavy (non-hydrogen) atoms. The second-order valence-electron chi connectivity index (χ2n) is 12.3. The van der Waals surface area contributed by atoms with Crippen LogP contribution in [0.5, 0.6) is 5.75 Å². The molecule has 5 aromatic rings. The Kier molecular flexibility index (Phi) is 11.1. The second-order valence-corrected chi connectivity index (χ2v) is 12.3. The molecule has 8 nitrogen and oxygen atoms in total. The number of aromatic nitrogens is 2. The van der Waals surface area contributed by atoms with Crippen LogP contribution in [0.15, 0.2) is 95.9 Å². The predicted octanol–water partition coefficient (Wildman–Crippen LogP) is 8.35. The van der Waals surface area contributed by atoms with Crippen molar-refractivity contribution in [3.8, 4) is 16.9 Å². The van der Waals surface area contributed by atoms with E-state index in [0.717, 1.165) is 28.6 Å². The van der Waals surface area contributed by atoms with E-state index in [2.05, 4.69) is 55.4 Å². The Morgan fingerprint density at radius 2 is 1.55 bits per heavy atom. The molecular formula is C39H44N4O4. The lowest BCUT2D eigenvalue weighted by Gasteiger charge is -2.22. The molecular weight excluding hydrogens is 588 g/mol. The van der Waals surface area contributed by atoms with Gasteiger partial charge in [-0.15, -0.1) is 0 Å². The van der Waals surface area contributed by atoms with Crippen LogP contribution in [-0.2, 0) is 13.0 Å². The molecule has 5 rings (SSSR count). The Bertz CT molecular complexity index is 1860. The number of aliphatic hydroxyl groups excluding tert-OH is 1. The Hall–Kier alpha value is -4.95.